The van der Waals surface area contributed by atoms with Crippen LogP contribution in [0.5, 0.6) is 17.6 Å². The number of halogens is 12. The zero-order valence-corrected chi connectivity index (χ0v) is 81.3. The van der Waals surface area contributed by atoms with Crippen molar-refractivity contribution in [2.45, 2.75) is 153 Å². The first-order valence-corrected chi connectivity index (χ1v) is 102. The zero-order chi connectivity index (χ0) is 73.8. The van der Waals surface area contributed by atoms with Crippen molar-refractivity contribution in [3.05, 3.63) is 178 Å². The first-order valence-electron chi connectivity index (χ1n) is 32.6. The number of hydrogen-bond acceptors (Lipinski definition) is 21. The molecule has 22 nitrogen and oxygen atoms in total. The fourth-order valence-electron chi connectivity index (χ4n) is 11.8. The molecule has 0 spiro atoms. The fourth-order valence-corrected chi connectivity index (χ4v) is 1270. The molecule has 36 heteroatoms. The van der Waals surface area contributed by atoms with Gasteiger partial charge in [0.1, 0.15) is 18.3 Å². The van der Waals surface area contributed by atoms with Crippen molar-refractivity contribution in [1.82, 2.24) is 29.9 Å². The van der Waals surface area contributed by atoms with E-state index in [0.29, 0.717) is 101 Å². The van der Waals surface area contributed by atoms with Crippen molar-refractivity contribution in [2.75, 3.05) is 46.2 Å². The van der Waals surface area contributed by atoms with Crippen LogP contribution in [0.15, 0.2) is 128 Å². The minimum absolute atomic E-state index is 0. The molecule has 578 valence electrons. The number of nitrogens with one attached hydrogen (secondary N) is 1. The van der Waals surface area contributed by atoms with Crippen LogP contribution >= 0.6 is 170 Å². The van der Waals surface area contributed by atoms with Crippen molar-refractivity contribution in [3.63, 3.8) is 0 Å². The summed E-state index contributed by atoms with van der Waals surface area (Å²) in [5, 5.41) is 43.5. The maximum absolute atomic E-state index is 12.7. The average molecular weight is 2800 g/mol. The Morgan fingerprint density at radius 3 is 1.30 bits per heavy atom. The van der Waals surface area contributed by atoms with Crippen LogP contribution in [-0.4, -0.2) is 191 Å². The average Bonchev–Trinajstić information content (AvgIpc) is 0.847. The number of pyridine rings is 3. The second-order valence-electron chi connectivity index (χ2n) is 23.9. The Morgan fingerprint density at radius 2 is 0.914 bits per heavy atom. The van der Waals surface area contributed by atoms with Crippen molar-refractivity contribution in [3.8, 4) is 17.6 Å². The summed E-state index contributed by atoms with van der Waals surface area (Å²) in [6.45, 7) is 5.86. The molecule has 3 fully saturated rings. The number of aromatic nitrogens is 3. The molecule has 3 aromatic heterocycles. The maximum Gasteiger partial charge on any atom is 0.335 e. The van der Waals surface area contributed by atoms with E-state index in [-0.39, 0.29) is 127 Å². The number of Topliss-reactive ketones (excluding diaryl/α,β-unsaturated/α-hetero) is 2. The number of carbonyl (C=O) groups excluding carboxylic acids is 4. The summed E-state index contributed by atoms with van der Waals surface area (Å²) in [7, 11) is 1.25. The molecule has 9 heterocycles. The quantitative estimate of drug-likeness (QED) is 0.0121. The number of fused-ring (bicyclic) bond motifs is 3. The van der Waals surface area contributed by atoms with E-state index in [0.717, 1.165) is 56.6 Å². The third kappa shape index (κ3) is 31.6. The molecule has 0 bridgehead atoms. The molecule has 6 aliphatic heterocycles. The zero-order valence-electron chi connectivity index (χ0n) is 55.4. The number of aliphatic hydroxyl groups is 3. The molecule has 2 radical (unpaired) electrons. The molecule has 9 atom stereocenters. The molecule has 3 saturated heterocycles. The van der Waals surface area contributed by atoms with Gasteiger partial charge in [0.15, 0.2) is 11.6 Å². The van der Waals surface area contributed by atoms with E-state index in [2.05, 4.69) is 169 Å². The third-order valence-corrected chi connectivity index (χ3v) is 678. The largest absolute Gasteiger partial charge is 0.478 e. The van der Waals surface area contributed by atoms with Crippen LogP contribution in [0, 0.1) is 0 Å². The molecular weight excluding hydrogens is 2710 g/mol. The molecule has 3 aromatic carbocycles. The predicted molar refractivity (Wildman–Crippen MR) is 520 cm³/mol. The number of carboxylic acids is 1. The molecular formula is C69H87B2I12N7O15. The standard InChI is InChI=1S/C23H26BN2O5.C22H26N2O4.C12H16BN2O2.C10H11NO4.2CH4.I12/c27-15-24-26-13-18-4-2-1-3-16(18)11-20(26)22(29)6-5-21(28)17-7-9-25-23(12-17)31-19-8-10-30-14-19;25-20(16-7-9-23-22(12-16)28-18-8-10-27-14-18)5-6-21(26)19-11-15-3-1-2-4-17(15)13-24-19;14-6-12(17)11-5-9-3-1-2-4-10(9)7-15(11)13-8-16;12-10(13)7-1-3-11-9(5-7)15-8-2-4-14-6-8;;;1-8(2)10(5)12(7)11(6)9(3)4/h1-4,7,9,12,15,19-20,22,29H,5-6,8,10-11,13-14H2;1-4,7,9,12,18-19,21,24,26H,5-6,8,10-11,13-14H2;1-4,8,11-12,17H,5-7,14H2;1,3,5,8H,2,4,6H2,(H,12,13);2*1H4;/t19?,20-,22+;18?,19-,21+;11-,12+;;;;/m000..../s1. The van der Waals surface area contributed by atoms with Crippen LogP contribution in [0.3, 0.4) is 0 Å². The summed E-state index contributed by atoms with van der Waals surface area (Å²) in [6.07, 6.45) is 9.94. The second-order valence-corrected chi connectivity index (χ2v) is 268. The molecule has 7 N–H and O–H groups in total. The van der Waals surface area contributed by atoms with Crippen molar-refractivity contribution >= 4 is 215 Å². The van der Waals surface area contributed by atoms with Gasteiger partial charge in [-0.3, -0.25) is 9.59 Å². The number of benzene rings is 3. The van der Waals surface area contributed by atoms with Gasteiger partial charge in [-0.1, -0.05) is 87.6 Å². The molecule has 105 heavy (non-hydrogen) atoms. The summed E-state index contributed by atoms with van der Waals surface area (Å²) in [4.78, 5) is 73.8. The van der Waals surface area contributed by atoms with Gasteiger partial charge < -0.3 is 79.1 Å². The van der Waals surface area contributed by atoms with Crippen LogP contribution in [0.2, 0.25) is 0 Å². The van der Waals surface area contributed by atoms with E-state index in [1.165, 1.54) is 61.0 Å². The Hall–Kier alpha value is 1.15. The summed E-state index contributed by atoms with van der Waals surface area (Å²) < 4.78 is 32.8. The van der Waals surface area contributed by atoms with Gasteiger partial charge in [-0.05, 0) is 83.7 Å². The predicted octanol–water partition coefficient (Wildman–Crippen LogP) is 16.5. The molecule has 0 saturated carbocycles. The van der Waals surface area contributed by atoms with E-state index in [9.17, 15) is 39.3 Å². The Balaban J connectivity index is 0.000000214. The van der Waals surface area contributed by atoms with E-state index < -0.39 is 24.3 Å². The summed E-state index contributed by atoms with van der Waals surface area (Å²) in [5.41, 5.74) is 14.0. The smallest absolute Gasteiger partial charge is 0.335 e. The number of carbonyl (C=O) groups is 5. The van der Waals surface area contributed by atoms with Gasteiger partial charge in [0.05, 0.1) is 75.9 Å². The van der Waals surface area contributed by atoms with Gasteiger partial charge in [0.25, 0.3) is 14.8 Å². The normalized spacial score (nSPS) is 20.7. The summed E-state index contributed by atoms with van der Waals surface area (Å²) >= 11 is 20.1. The minimum Gasteiger partial charge on any atom is -0.478 e. The van der Waals surface area contributed by atoms with Crippen molar-refractivity contribution in [2.24, 2.45) is 5.73 Å². The first kappa shape index (κ1) is 95.0. The number of ketones is 2. The van der Waals surface area contributed by atoms with Crippen molar-refractivity contribution in [1.29, 1.82) is 0 Å². The Labute approximate surface area is 705 Å². The van der Waals surface area contributed by atoms with E-state index >= 15 is 0 Å². The topological polar surface area (TPSA) is 305 Å². The maximum atomic E-state index is 12.7. The first-order chi connectivity index (χ1) is 49.7. The van der Waals surface area contributed by atoms with Gasteiger partial charge in [-0.25, -0.2) is 19.7 Å². The van der Waals surface area contributed by atoms with Crippen LogP contribution in [-0.2, 0) is 62.7 Å². The Bertz CT molecular complexity index is 3650. The summed E-state index contributed by atoms with van der Waals surface area (Å²) in [6, 6.07) is 33.5. The Kier molecular flexibility index (Phi) is 46.4. The second kappa shape index (κ2) is 51.3. The SMILES string of the molecule is C.C.II(I)I(I)I(I)I(I)I(I)I.NC[C@@H](O)[C@@H]1Cc2ccccc2CN1[B]C=O.O=C(CC[C@@H](O)[C@@H]1Cc2ccccc2CN1)c1ccnc(OC2CCOC2)c1.O=C(O)c1ccnc(OC2CCOC2)c1.O=C[B]N1Cc2ccccc2C[C@H]1[C@H](O)CCC(=O)c1ccnc(OC2CCOC2)c1. The third-order valence-electron chi connectivity index (χ3n) is 17.1. The number of ether oxygens (including phenoxy) is 6. The van der Waals surface area contributed by atoms with Crippen molar-refractivity contribution < 1.29 is 72.8 Å². The molecule has 3 unspecified atom stereocenters. The summed E-state index contributed by atoms with van der Waals surface area (Å²) in [5.74, 6) is 0.140. The molecule has 12 rings (SSSR count). The van der Waals surface area contributed by atoms with Gasteiger partial charge in [0, 0.05) is 124 Å². The molecule has 6 aromatic rings. The number of nitrogens with zero attached hydrogens (tertiary/aromatic N) is 5. The fraction of sp³-hybridized carbons (Fsp3) is 0.449. The number of nitrogens with two attached hydrogens (primary N) is 1. The van der Waals surface area contributed by atoms with Crippen LogP contribution in [0.25, 0.3) is 0 Å². The number of aromatic carboxylic acids is 1. The number of hydrogen-bond donors (Lipinski definition) is 6. The molecule has 0 amide bonds. The van der Waals surface area contributed by atoms with Crippen LogP contribution in [0.1, 0.15) is 124 Å². The van der Waals surface area contributed by atoms with Gasteiger partial charge in [-0.15, -0.1) is 0 Å². The van der Waals surface area contributed by atoms with Gasteiger partial charge >= 0.3 is 176 Å². The molecule has 0 aliphatic carbocycles. The minimum atomic E-state index is -0.982. The van der Waals surface area contributed by atoms with Gasteiger partial charge in [-0.2, -0.15) is 0 Å². The molecule has 6 aliphatic rings. The number of aliphatic hydroxyl groups excluding tert-OH is 3. The van der Waals surface area contributed by atoms with Gasteiger partial charge in [0.2, 0.25) is 17.6 Å². The monoisotopic (exact) mass is 2800 g/mol. The number of carboxylic acid groups (broad SMARTS) is 1. The number of rotatable bonds is 27. The van der Waals surface area contributed by atoms with E-state index in [1.54, 1.807) is 36.7 Å². The van der Waals surface area contributed by atoms with E-state index in [1.807, 2.05) is 64.2 Å². The Morgan fingerprint density at radius 1 is 0.543 bits per heavy atom. The van der Waals surface area contributed by atoms with Crippen LogP contribution in [0.4, 0.5) is 0 Å². The van der Waals surface area contributed by atoms with Crippen LogP contribution < -0.4 is 25.3 Å². The van der Waals surface area contributed by atoms with E-state index in [4.69, 9.17) is 39.3 Å².